The summed E-state index contributed by atoms with van der Waals surface area (Å²) in [5.74, 6) is 0.0113. The number of nitrogens with one attached hydrogen (secondary N) is 1. The van der Waals surface area contributed by atoms with Crippen LogP contribution in [0, 0.1) is 6.92 Å². The molecule has 4 nitrogen and oxygen atoms in total. The van der Waals surface area contributed by atoms with Crippen LogP contribution in [0.25, 0.3) is 0 Å². The number of pyridine rings is 1. The van der Waals surface area contributed by atoms with Gasteiger partial charge in [-0.1, -0.05) is 17.7 Å². The van der Waals surface area contributed by atoms with Crippen LogP contribution < -0.4 is 10.2 Å². The molecule has 108 valence electrons. The minimum atomic E-state index is 0.0113. The van der Waals surface area contributed by atoms with Gasteiger partial charge >= 0.3 is 0 Å². The van der Waals surface area contributed by atoms with Gasteiger partial charge in [0.25, 0.3) is 5.91 Å². The number of anilines is 2. The van der Waals surface area contributed by atoms with Gasteiger partial charge < -0.3 is 10.2 Å². The maximum absolute atomic E-state index is 12.9. The predicted octanol–water partition coefficient (Wildman–Crippen LogP) is 3.02. The molecule has 1 aromatic heterocycles. The van der Waals surface area contributed by atoms with Gasteiger partial charge in [-0.05, 0) is 37.5 Å². The molecule has 3 rings (SSSR count). The molecular weight excluding hydrogens is 262 g/mol. The summed E-state index contributed by atoms with van der Waals surface area (Å²) in [5, 5.41) is 3.06. The molecular formula is C17H19N3O. The van der Waals surface area contributed by atoms with E-state index in [9.17, 15) is 4.79 Å². The van der Waals surface area contributed by atoms with Crippen LogP contribution in [-0.2, 0) is 6.42 Å². The van der Waals surface area contributed by atoms with E-state index in [1.165, 1.54) is 11.1 Å². The Morgan fingerprint density at radius 3 is 3.00 bits per heavy atom. The van der Waals surface area contributed by atoms with E-state index in [1.807, 2.05) is 18.0 Å². The Labute approximate surface area is 124 Å². The number of rotatable bonds is 2. The average Bonchev–Trinajstić information content (AvgIpc) is 2.53. The van der Waals surface area contributed by atoms with Gasteiger partial charge in [0.05, 0.1) is 5.56 Å². The molecule has 0 fully saturated rings. The second-order valence-corrected chi connectivity index (χ2v) is 5.36. The van der Waals surface area contributed by atoms with Crippen molar-refractivity contribution in [1.29, 1.82) is 0 Å². The van der Waals surface area contributed by atoms with Gasteiger partial charge in [0.1, 0.15) is 0 Å². The van der Waals surface area contributed by atoms with Crippen LogP contribution in [0.5, 0.6) is 0 Å². The van der Waals surface area contributed by atoms with E-state index >= 15 is 0 Å². The molecule has 1 aliphatic heterocycles. The molecule has 0 spiro atoms. The molecule has 2 aromatic rings. The first-order valence-corrected chi connectivity index (χ1v) is 7.24. The first-order chi connectivity index (χ1) is 10.2. The monoisotopic (exact) mass is 281 g/mol. The van der Waals surface area contributed by atoms with Crippen molar-refractivity contribution in [3.05, 3.63) is 53.3 Å². The van der Waals surface area contributed by atoms with Crippen molar-refractivity contribution in [2.45, 2.75) is 19.8 Å². The van der Waals surface area contributed by atoms with E-state index in [4.69, 9.17) is 0 Å². The lowest BCUT2D eigenvalue weighted by Gasteiger charge is -2.30. The number of hydrogen-bond acceptors (Lipinski definition) is 3. The van der Waals surface area contributed by atoms with Gasteiger partial charge in [-0.15, -0.1) is 0 Å². The number of aromatic nitrogens is 1. The zero-order valence-corrected chi connectivity index (χ0v) is 12.4. The number of nitrogens with zero attached hydrogens (tertiary/aromatic N) is 2. The van der Waals surface area contributed by atoms with Gasteiger partial charge in [0.2, 0.25) is 0 Å². The number of fused-ring (bicyclic) bond motifs is 1. The van der Waals surface area contributed by atoms with Crippen molar-refractivity contribution in [3.63, 3.8) is 0 Å². The number of benzene rings is 1. The lowest BCUT2D eigenvalue weighted by Crippen LogP contribution is -2.35. The zero-order valence-electron chi connectivity index (χ0n) is 12.4. The molecule has 0 atom stereocenters. The van der Waals surface area contributed by atoms with Crippen molar-refractivity contribution in [2.75, 3.05) is 23.8 Å². The Balaban J connectivity index is 2.00. The number of carbonyl (C=O) groups excluding carboxylic acids is 1. The summed E-state index contributed by atoms with van der Waals surface area (Å²) in [6.45, 7) is 2.84. The molecule has 1 aromatic carbocycles. The standard InChI is InChI=1S/C17H19N3O/c1-12-5-6-16-13(10-12)4-3-9-20(16)17(21)14-11-19-8-7-15(14)18-2/h5-8,10-11H,3-4,9H2,1-2H3,(H,18,19). The SMILES string of the molecule is CNc1ccncc1C(=O)N1CCCc2cc(C)ccc21. The van der Waals surface area contributed by atoms with Gasteiger partial charge in [-0.3, -0.25) is 9.78 Å². The van der Waals surface area contributed by atoms with E-state index in [1.54, 1.807) is 12.4 Å². The topological polar surface area (TPSA) is 45.2 Å². The fourth-order valence-electron chi connectivity index (χ4n) is 2.87. The molecule has 1 N–H and O–H groups in total. The average molecular weight is 281 g/mol. The van der Waals surface area contributed by atoms with Crippen LogP contribution in [0.3, 0.4) is 0 Å². The highest BCUT2D eigenvalue weighted by atomic mass is 16.2. The van der Waals surface area contributed by atoms with Crippen LogP contribution in [-0.4, -0.2) is 24.5 Å². The Kier molecular flexibility index (Phi) is 3.60. The lowest BCUT2D eigenvalue weighted by molar-refractivity contribution is 0.0985. The fraction of sp³-hybridized carbons (Fsp3) is 0.294. The number of carbonyl (C=O) groups is 1. The number of aryl methyl sites for hydroxylation is 2. The smallest absolute Gasteiger partial charge is 0.261 e. The zero-order chi connectivity index (χ0) is 14.8. The second-order valence-electron chi connectivity index (χ2n) is 5.36. The highest BCUT2D eigenvalue weighted by Crippen LogP contribution is 2.30. The first-order valence-electron chi connectivity index (χ1n) is 7.24. The Morgan fingerprint density at radius 1 is 1.33 bits per heavy atom. The summed E-state index contributed by atoms with van der Waals surface area (Å²) in [7, 11) is 1.82. The molecule has 21 heavy (non-hydrogen) atoms. The molecule has 0 saturated carbocycles. The van der Waals surface area contributed by atoms with Crippen LogP contribution in [0.2, 0.25) is 0 Å². The Bertz CT molecular complexity index is 681. The predicted molar refractivity (Wildman–Crippen MR) is 85.0 cm³/mol. The highest BCUT2D eigenvalue weighted by Gasteiger charge is 2.25. The minimum Gasteiger partial charge on any atom is -0.387 e. The quantitative estimate of drug-likeness (QED) is 0.920. The number of hydrogen-bond donors (Lipinski definition) is 1. The highest BCUT2D eigenvalue weighted by molar-refractivity contribution is 6.09. The van der Waals surface area contributed by atoms with Gasteiger partial charge in [-0.2, -0.15) is 0 Å². The van der Waals surface area contributed by atoms with Crippen molar-refractivity contribution < 1.29 is 4.79 Å². The third-order valence-electron chi connectivity index (χ3n) is 3.92. The van der Waals surface area contributed by atoms with Crippen molar-refractivity contribution in [1.82, 2.24) is 4.98 Å². The van der Waals surface area contributed by atoms with Crippen molar-refractivity contribution >= 4 is 17.3 Å². The summed E-state index contributed by atoms with van der Waals surface area (Å²) in [5.41, 5.74) is 4.95. The van der Waals surface area contributed by atoms with E-state index in [-0.39, 0.29) is 5.91 Å². The molecule has 0 saturated heterocycles. The molecule has 4 heteroatoms. The van der Waals surface area contributed by atoms with Crippen LogP contribution in [0.15, 0.2) is 36.7 Å². The van der Waals surface area contributed by atoms with Crippen LogP contribution >= 0.6 is 0 Å². The van der Waals surface area contributed by atoms with Gasteiger partial charge in [0.15, 0.2) is 0 Å². The Hall–Kier alpha value is -2.36. The summed E-state index contributed by atoms with van der Waals surface area (Å²) in [4.78, 5) is 18.8. The summed E-state index contributed by atoms with van der Waals surface area (Å²) in [6.07, 6.45) is 5.36. The molecule has 0 radical (unpaired) electrons. The van der Waals surface area contributed by atoms with E-state index in [2.05, 4.69) is 35.4 Å². The summed E-state index contributed by atoms with van der Waals surface area (Å²) >= 11 is 0. The summed E-state index contributed by atoms with van der Waals surface area (Å²) in [6, 6.07) is 8.12. The van der Waals surface area contributed by atoms with E-state index < -0.39 is 0 Å². The Morgan fingerprint density at radius 2 is 2.19 bits per heavy atom. The third-order valence-corrected chi connectivity index (χ3v) is 3.92. The maximum atomic E-state index is 12.9. The summed E-state index contributed by atoms with van der Waals surface area (Å²) < 4.78 is 0. The normalized spacial score (nSPS) is 13.7. The van der Waals surface area contributed by atoms with E-state index in [0.717, 1.165) is 30.8 Å². The van der Waals surface area contributed by atoms with E-state index in [0.29, 0.717) is 5.56 Å². The molecule has 1 amide bonds. The van der Waals surface area contributed by atoms with Crippen molar-refractivity contribution in [2.24, 2.45) is 0 Å². The molecule has 2 heterocycles. The van der Waals surface area contributed by atoms with Crippen molar-refractivity contribution in [3.8, 4) is 0 Å². The lowest BCUT2D eigenvalue weighted by atomic mass is 9.99. The maximum Gasteiger partial charge on any atom is 0.261 e. The third kappa shape index (κ3) is 2.49. The molecule has 0 aliphatic carbocycles. The number of amides is 1. The van der Waals surface area contributed by atoms with Gasteiger partial charge in [0, 0.05) is 37.4 Å². The molecule has 0 bridgehead atoms. The van der Waals surface area contributed by atoms with Gasteiger partial charge in [-0.25, -0.2) is 0 Å². The van der Waals surface area contributed by atoms with Crippen LogP contribution in [0.4, 0.5) is 11.4 Å². The first kappa shape index (κ1) is 13.6. The largest absolute Gasteiger partial charge is 0.387 e. The fourth-order valence-corrected chi connectivity index (χ4v) is 2.87. The van der Waals surface area contributed by atoms with Crippen LogP contribution in [0.1, 0.15) is 27.9 Å². The second kappa shape index (κ2) is 5.56. The molecule has 0 unspecified atom stereocenters. The minimum absolute atomic E-state index is 0.0113. The molecule has 1 aliphatic rings.